The van der Waals surface area contributed by atoms with Crippen LogP contribution in [-0.4, -0.2) is 338 Å². The summed E-state index contributed by atoms with van der Waals surface area (Å²) in [6.07, 6.45) is -2.61. The first kappa shape index (κ1) is 131. The summed E-state index contributed by atoms with van der Waals surface area (Å²) in [5, 5.41) is -1.09. The molecule has 0 saturated carbocycles. The van der Waals surface area contributed by atoms with Gasteiger partial charge in [-0.3, -0.25) is 0 Å². The highest BCUT2D eigenvalue weighted by molar-refractivity contribution is 6.74. The molecule has 12 unspecified atom stereocenters. The van der Waals surface area contributed by atoms with Gasteiger partial charge < -0.3 is 222 Å². The molecule has 0 N–H and O–H groups in total. The largest absolute Gasteiger partial charge is 0.615 e. The Morgan fingerprint density at radius 2 is 0.460 bits per heavy atom. The van der Waals surface area contributed by atoms with Crippen LogP contribution in [0.1, 0.15) is 329 Å². The summed E-state index contributed by atoms with van der Waals surface area (Å²) in [6.45, 7) is 81.6. The molecule has 12 heterocycles. The van der Waals surface area contributed by atoms with Crippen molar-refractivity contribution in [3.8, 4) is 0 Å². The molecule has 12 saturated heterocycles. The summed E-state index contributed by atoms with van der Waals surface area (Å²) in [5.41, 5.74) is -5.45. The van der Waals surface area contributed by atoms with E-state index in [2.05, 4.69) is 0 Å². The number of fused-ring (bicyclic) bond motifs is 16. The van der Waals surface area contributed by atoms with Crippen LogP contribution in [0.2, 0.25) is 15.9 Å². The fourth-order valence-electron chi connectivity index (χ4n) is 16.8. The predicted molar refractivity (Wildman–Crippen MR) is 564 cm³/mol. The van der Waals surface area contributed by atoms with Crippen molar-refractivity contribution >= 4 is 175 Å². The molecule has 12 fully saturated rings. The fourth-order valence-corrected chi connectivity index (χ4v) is 16.8. The Labute approximate surface area is 900 Å². The molecule has 12 aliphatic heterocycles. The molecule has 0 aromatic rings. The summed E-state index contributed by atoms with van der Waals surface area (Å²) in [7, 11) is -26.3. The highest BCUT2D eigenvalue weighted by atomic mass is 17.0. The minimum absolute atomic E-state index is 0.00452. The summed E-state index contributed by atoms with van der Waals surface area (Å²) in [5.74, 6) is 0. The molecule has 834 valence electrons. The Balaban J connectivity index is 0.000000248. The van der Waals surface area contributed by atoms with Crippen molar-refractivity contribution < 1.29 is 222 Å². The van der Waals surface area contributed by atoms with Crippen molar-refractivity contribution in [1.29, 1.82) is 0 Å². The van der Waals surface area contributed by atoms with Gasteiger partial charge in [0.05, 0.1) is 133 Å². The molecule has 0 amide bonds. The lowest BCUT2D eigenvalue weighted by Gasteiger charge is -2.41. The minimum atomic E-state index is -1.33. The van der Waals surface area contributed by atoms with Crippen molar-refractivity contribution in [2.75, 3.05) is 39.6 Å². The van der Waals surface area contributed by atoms with Crippen LogP contribution in [0.25, 0.3) is 0 Å². The maximum absolute atomic E-state index is 6.38. The molecular weight excluding hydrogens is 1960 g/mol. The van der Waals surface area contributed by atoms with E-state index in [1.807, 2.05) is 256 Å². The predicted octanol–water partition coefficient (Wildman–Crippen LogP) is 9.54. The van der Waals surface area contributed by atoms with Crippen LogP contribution < -0.4 is 0 Å². The Hall–Kier alpha value is -0.362. The Morgan fingerprint density at radius 1 is 0.240 bits per heavy atom. The minimum Gasteiger partial charge on any atom is -0.426 e. The van der Waals surface area contributed by atoms with Crippen molar-refractivity contribution in [2.24, 2.45) is 0 Å². The van der Waals surface area contributed by atoms with Gasteiger partial charge in [-0.2, -0.15) is 0 Å². The average Bonchev–Trinajstić information content (AvgIpc) is 1.01. The van der Waals surface area contributed by atoms with Crippen LogP contribution in [-0.2, 0) is 222 Å². The van der Waals surface area contributed by atoms with E-state index >= 15 is 0 Å². The van der Waals surface area contributed by atoms with Crippen molar-refractivity contribution in [2.45, 2.75) is 469 Å². The smallest absolute Gasteiger partial charge is 0.426 e. The summed E-state index contributed by atoms with van der Waals surface area (Å²) in [6, 6.07) is 0. The van der Waals surface area contributed by atoms with Crippen molar-refractivity contribution in [1.82, 2.24) is 0 Å². The zero-order chi connectivity index (χ0) is 111. The second-order valence-electron chi connectivity index (χ2n) is 49.6. The van der Waals surface area contributed by atoms with Crippen LogP contribution in [0.5, 0.6) is 0 Å². The molecule has 12 atom stereocenters. The average molecular weight is 2130 g/mol. The molecule has 72 heteroatoms. The maximum Gasteiger partial charge on any atom is 0.615 e. The second kappa shape index (κ2) is 56.4. The summed E-state index contributed by atoms with van der Waals surface area (Å²) in [4.78, 5) is 0. The van der Waals surface area contributed by atoms with Crippen LogP contribution >= 0.6 is 0 Å². The van der Waals surface area contributed by atoms with Gasteiger partial charge >= 0.3 is 175 Å². The lowest BCUT2D eigenvalue weighted by molar-refractivity contribution is -0.127. The number of ether oxygens (including phenoxy) is 3. The monoisotopic (exact) mass is 2130 g/mol. The van der Waals surface area contributed by atoms with E-state index < -0.39 is 257 Å². The number of hydrogen-bond donors (Lipinski definition) is 0. The van der Waals surface area contributed by atoms with Gasteiger partial charge in [0.2, 0.25) is 0 Å². The Bertz CT molecular complexity index is 3930. The van der Waals surface area contributed by atoms with E-state index in [0.717, 1.165) is 0 Å². The highest BCUT2D eigenvalue weighted by Gasteiger charge is 2.61. The van der Waals surface area contributed by atoms with Gasteiger partial charge in [-0.25, -0.2) is 0 Å². The third-order valence-electron chi connectivity index (χ3n) is 22.3. The summed E-state index contributed by atoms with van der Waals surface area (Å²) < 4.78 is 287. The van der Waals surface area contributed by atoms with Gasteiger partial charge in [0, 0.05) is 43.4 Å². The molecular formula is C78H162B24O48. The van der Waals surface area contributed by atoms with Gasteiger partial charge in [-0.15, -0.1) is 0 Å². The molecule has 0 radical (unpaired) electrons. The quantitative estimate of drug-likeness (QED) is 0.102. The first-order chi connectivity index (χ1) is 69.1. The zero-order valence-corrected chi connectivity index (χ0v) is 96.9. The number of rotatable bonds is 20. The highest BCUT2D eigenvalue weighted by Crippen LogP contribution is 2.40. The van der Waals surface area contributed by atoms with E-state index in [1.54, 1.807) is 34.6 Å². The fraction of sp³-hybridized carbons (Fsp3) is 1.00. The Kier molecular flexibility index (Phi) is 49.4. The first-order valence-corrected chi connectivity index (χ1v) is 52.5. The van der Waals surface area contributed by atoms with E-state index in [0.29, 0.717) is 38.7 Å². The molecule has 0 spiro atoms. The second-order valence-corrected chi connectivity index (χ2v) is 49.6. The van der Waals surface area contributed by atoms with Crippen LogP contribution in [0, 0.1) is 0 Å². The normalized spacial score (nSPS) is 27.2. The molecule has 0 aliphatic carbocycles. The molecule has 16 bridgehead atoms. The van der Waals surface area contributed by atoms with Crippen molar-refractivity contribution in [3.63, 3.8) is 0 Å². The van der Waals surface area contributed by atoms with Gasteiger partial charge in [0.25, 0.3) is 0 Å². The molecule has 12 rings (SSSR count). The maximum atomic E-state index is 6.38. The molecule has 150 heavy (non-hydrogen) atoms. The molecule has 12 aliphatic rings. The topological polar surface area (TPSA) is 443 Å². The third kappa shape index (κ3) is 49.0. The Morgan fingerprint density at radius 3 is 0.753 bits per heavy atom. The first-order valence-electron chi connectivity index (χ1n) is 52.5. The van der Waals surface area contributed by atoms with Crippen molar-refractivity contribution in [3.05, 3.63) is 0 Å². The number of hydrogen-bond acceptors (Lipinski definition) is 48. The molecule has 48 nitrogen and oxygen atoms in total. The van der Waals surface area contributed by atoms with Crippen LogP contribution in [0.3, 0.4) is 0 Å². The molecule has 0 aromatic heterocycles. The SMILES string of the molecule is CC1CC(C)(C)OB2OB(OB(C(C)(C)C)O2)OC(C)CC(C)(C)OB2OB(OB(OC(C)(C)CC(C)OC(C)(C)C)O2)O1.CC1COB2OB(OB(C(C)(C)C)O2)OC(C)COB2OB(OB(OC(C)CC(C)(C)OB3OB4OCC(C)OB5OB(OC(C)CC(C)(C)OC(C)(C)C)OB(O5)OC(C)(C)CC(C)OB(O4)O3)O2)O1.CC1COB2OB(OB(C(C)(C)C)O2)OC(C)COB2OB(OB(OC(C)COC(C)(C)C)O2)O1. The van der Waals surface area contributed by atoms with E-state index in [4.69, 9.17) is 222 Å². The van der Waals surface area contributed by atoms with Gasteiger partial charge in [0.15, 0.2) is 0 Å². The third-order valence-corrected chi connectivity index (χ3v) is 22.3. The molecule has 0 aromatic carbocycles. The van der Waals surface area contributed by atoms with Gasteiger partial charge in [-0.05, 0) is 270 Å². The lowest BCUT2D eigenvalue weighted by Crippen LogP contribution is -2.59. The zero-order valence-electron chi connectivity index (χ0n) is 96.9. The standard InChI is InChI=1S/C35H72B12O24.C26H54B6O12.C17H36B6O12/c1-25(19-33(13,14)57-32(10,11)12)51-43-68-45-56-30(6)24-50-39-65-42(53-27(3)21-35(17,18)59-47(70-43)71-45)69-46(66-39)58-34(15,16)20-26(2)52-41-63-38-49-23-28(4)54-40-61-36(31(7,8)9)60-37(62-40)48-22-29(5)55-44(64-38)67-41;1-19(33-23(7,8)9)16-24(10,11)37-31-42-29-35-21(3)18-25(12,13)36-30-40-27(22(4,5)6)39-28(41-30)34-20(2)17-26(14,15)38-32(43-29)44-31;1-13(10-24-17(7,8)9)27-22-33-20-26-12-14(2)28-21-31-18(16(4,5)6)30-19(32-21)25-11-15(3)29-23(34-20)35-22/h25-30H,19-24H2,1-18H3;19-21H,16-18H2,1-15H3;13-15H,10-12H2,1-9H3. The summed E-state index contributed by atoms with van der Waals surface area (Å²) >= 11 is 0. The van der Waals surface area contributed by atoms with E-state index in [9.17, 15) is 0 Å². The van der Waals surface area contributed by atoms with E-state index in [-0.39, 0.29) is 97.4 Å². The van der Waals surface area contributed by atoms with Crippen LogP contribution in [0.15, 0.2) is 0 Å². The lowest BCUT2D eigenvalue weighted by atomic mass is 9.58. The van der Waals surface area contributed by atoms with Crippen LogP contribution in [0.4, 0.5) is 0 Å². The van der Waals surface area contributed by atoms with E-state index in [1.165, 1.54) is 0 Å². The van der Waals surface area contributed by atoms with Gasteiger partial charge in [-0.1, -0.05) is 62.3 Å². The van der Waals surface area contributed by atoms with Gasteiger partial charge in [0.1, 0.15) is 0 Å².